The molecule has 0 N–H and O–H groups in total. The van der Waals surface area contributed by atoms with E-state index < -0.39 is 0 Å². The van der Waals surface area contributed by atoms with Crippen molar-refractivity contribution in [2.45, 2.75) is 47.0 Å². The summed E-state index contributed by atoms with van der Waals surface area (Å²) in [4.78, 5) is 5.70. The number of rotatable bonds is 3. The molecule has 0 aliphatic heterocycles. The molecule has 0 aromatic carbocycles. The third-order valence-corrected chi connectivity index (χ3v) is 3.57. The molecule has 0 aliphatic rings. The highest BCUT2D eigenvalue weighted by molar-refractivity contribution is 7.16. The second-order valence-electron chi connectivity index (χ2n) is 5.03. The Labute approximate surface area is 101 Å². The Hall–Kier alpha value is -0.900. The SMILES string of the molecule is Cc1c(C(C)C)nc2sc(CC(C)C)nn12. The molecule has 2 heterocycles. The van der Waals surface area contributed by atoms with Gasteiger partial charge in [-0.1, -0.05) is 39.0 Å². The summed E-state index contributed by atoms with van der Waals surface area (Å²) in [6.07, 6.45) is 1.05. The van der Waals surface area contributed by atoms with Crippen LogP contribution in [0.1, 0.15) is 50.0 Å². The second kappa shape index (κ2) is 4.17. The summed E-state index contributed by atoms with van der Waals surface area (Å²) in [7, 11) is 0. The van der Waals surface area contributed by atoms with Crippen LogP contribution >= 0.6 is 11.3 Å². The molecule has 0 radical (unpaired) electrons. The van der Waals surface area contributed by atoms with Crippen LogP contribution in [-0.4, -0.2) is 14.6 Å². The summed E-state index contributed by atoms with van der Waals surface area (Å²) >= 11 is 1.72. The summed E-state index contributed by atoms with van der Waals surface area (Å²) < 4.78 is 2.00. The van der Waals surface area contributed by atoms with E-state index in [2.05, 4.69) is 44.7 Å². The highest BCUT2D eigenvalue weighted by atomic mass is 32.1. The van der Waals surface area contributed by atoms with Gasteiger partial charge >= 0.3 is 0 Å². The molecular formula is C12H19N3S. The number of nitrogens with zero attached hydrogens (tertiary/aromatic N) is 3. The first-order valence-corrected chi connectivity index (χ1v) is 6.65. The van der Waals surface area contributed by atoms with E-state index in [0.717, 1.165) is 11.4 Å². The minimum absolute atomic E-state index is 0.474. The number of hydrogen-bond acceptors (Lipinski definition) is 3. The summed E-state index contributed by atoms with van der Waals surface area (Å²) in [5.74, 6) is 1.13. The van der Waals surface area contributed by atoms with Crippen LogP contribution in [0.2, 0.25) is 0 Å². The largest absolute Gasteiger partial charge is 0.222 e. The van der Waals surface area contributed by atoms with Crippen molar-refractivity contribution in [1.29, 1.82) is 0 Å². The van der Waals surface area contributed by atoms with Gasteiger partial charge in [0.1, 0.15) is 5.01 Å². The molecule has 0 atom stereocenters. The summed E-state index contributed by atoms with van der Waals surface area (Å²) in [6, 6.07) is 0. The van der Waals surface area contributed by atoms with Gasteiger partial charge in [0.15, 0.2) is 0 Å². The normalized spacial score (nSPS) is 12.2. The smallest absolute Gasteiger partial charge is 0.212 e. The monoisotopic (exact) mass is 237 g/mol. The second-order valence-corrected chi connectivity index (χ2v) is 6.07. The lowest BCUT2D eigenvalue weighted by Crippen LogP contribution is -1.97. The topological polar surface area (TPSA) is 30.2 Å². The van der Waals surface area contributed by atoms with E-state index in [1.165, 1.54) is 16.4 Å². The van der Waals surface area contributed by atoms with Crippen LogP contribution in [-0.2, 0) is 6.42 Å². The molecular weight excluding hydrogens is 218 g/mol. The zero-order valence-electron chi connectivity index (χ0n) is 10.6. The van der Waals surface area contributed by atoms with Gasteiger partial charge in [-0.05, 0) is 18.8 Å². The Bertz CT molecular complexity index is 494. The fourth-order valence-electron chi connectivity index (χ4n) is 1.88. The molecule has 2 aromatic heterocycles. The highest BCUT2D eigenvalue weighted by Gasteiger charge is 2.15. The minimum atomic E-state index is 0.474. The van der Waals surface area contributed by atoms with E-state index in [-0.39, 0.29) is 0 Å². The molecule has 88 valence electrons. The standard InChI is InChI=1S/C12H19N3S/c1-7(2)6-10-14-15-9(5)11(8(3)4)13-12(15)16-10/h7-8H,6H2,1-5H3. The van der Waals surface area contributed by atoms with Crippen LogP contribution in [0.25, 0.3) is 4.96 Å². The zero-order chi connectivity index (χ0) is 11.9. The first kappa shape index (κ1) is 11.6. The molecule has 0 saturated heterocycles. The maximum absolute atomic E-state index is 4.66. The Morgan fingerprint density at radius 2 is 1.94 bits per heavy atom. The van der Waals surface area contributed by atoms with Crippen molar-refractivity contribution in [1.82, 2.24) is 14.6 Å². The molecule has 3 nitrogen and oxygen atoms in total. The van der Waals surface area contributed by atoms with Gasteiger partial charge in [-0.15, -0.1) is 0 Å². The Kier molecular flexibility index (Phi) is 3.02. The molecule has 0 bridgehead atoms. The number of aromatic nitrogens is 3. The quantitative estimate of drug-likeness (QED) is 0.818. The average Bonchev–Trinajstić information content (AvgIpc) is 2.65. The number of hydrogen-bond donors (Lipinski definition) is 0. The summed E-state index contributed by atoms with van der Waals surface area (Å²) in [5, 5.41) is 5.82. The fourth-order valence-corrected chi connectivity index (χ4v) is 3.04. The van der Waals surface area contributed by atoms with Crippen molar-refractivity contribution in [3.63, 3.8) is 0 Å². The van der Waals surface area contributed by atoms with Gasteiger partial charge in [0.25, 0.3) is 0 Å². The van der Waals surface area contributed by atoms with Crippen molar-refractivity contribution in [3.8, 4) is 0 Å². The third-order valence-electron chi connectivity index (χ3n) is 2.64. The fraction of sp³-hybridized carbons (Fsp3) is 0.667. The number of aryl methyl sites for hydroxylation is 1. The predicted octanol–water partition coefficient (Wildman–Crippen LogP) is 3.42. The van der Waals surface area contributed by atoms with Crippen LogP contribution in [0.15, 0.2) is 0 Å². The van der Waals surface area contributed by atoms with E-state index in [1.54, 1.807) is 11.3 Å². The minimum Gasteiger partial charge on any atom is -0.222 e. The Morgan fingerprint density at radius 3 is 2.44 bits per heavy atom. The zero-order valence-corrected chi connectivity index (χ0v) is 11.4. The number of imidazole rings is 1. The lowest BCUT2D eigenvalue weighted by molar-refractivity contribution is 0.635. The lowest BCUT2D eigenvalue weighted by atomic mass is 10.1. The molecule has 0 fully saturated rings. The van der Waals surface area contributed by atoms with E-state index in [1.807, 2.05) is 4.52 Å². The van der Waals surface area contributed by atoms with Gasteiger partial charge < -0.3 is 0 Å². The van der Waals surface area contributed by atoms with E-state index in [9.17, 15) is 0 Å². The van der Waals surface area contributed by atoms with Gasteiger partial charge in [0, 0.05) is 6.42 Å². The molecule has 0 amide bonds. The molecule has 2 aromatic rings. The van der Waals surface area contributed by atoms with Crippen molar-refractivity contribution in [3.05, 3.63) is 16.4 Å². The molecule has 16 heavy (non-hydrogen) atoms. The first-order chi connectivity index (χ1) is 7.49. The molecule has 0 aliphatic carbocycles. The van der Waals surface area contributed by atoms with E-state index in [0.29, 0.717) is 11.8 Å². The van der Waals surface area contributed by atoms with Crippen LogP contribution in [0.3, 0.4) is 0 Å². The van der Waals surface area contributed by atoms with E-state index in [4.69, 9.17) is 0 Å². The molecule has 0 unspecified atom stereocenters. The van der Waals surface area contributed by atoms with E-state index >= 15 is 0 Å². The van der Waals surface area contributed by atoms with Gasteiger partial charge in [0.05, 0.1) is 11.4 Å². The van der Waals surface area contributed by atoms with Crippen LogP contribution in [0.5, 0.6) is 0 Å². The van der Waals surface area contributed by atoms with Crippen LogP contribution < -0.4 is 0 Å². The summed E-state index contributed by atoms with van der Waals surface area (Å²) in [6.45, 7) is 10.9. The maximum atomic E-state index is 4.66. The van der Waals surface area contributed by atoms with Gasteiger partial charge in [-0.2, -0.15) is 5.10 Å². The van der Waals surface area contributed by atoms with Gasteiger partial charge in [-0.3, -0.25) is 0 Å². The maximum Gasteiger partial charge on any atom is 0.212 e. The highest BCUT2D eigenvalue weighted by Crippen LogP contribution is 2.24. The van der Waals surface area contributed by atoms with Gasteiger partial charge in [-0.25, -0.2) is 9.50 Å². The van der Waals surface area contributed by atoms with Crippen LogP contribution in [0, 0.1) is 12.8 Å². The third kappa shape index (κ3) is 1.98. The summed E-state index contributed by atoms with van der Waals surface area (Å²) in [5.41, 5.74) is 2.37. The molecule has 2 rings (SSSR count). The van der Waals surface area contributed by atoms with Crippen molar-refractivity contribution in [2.24, 2.45) is 5.92 Å². The Morgan fingerprint density at radius 1 is 1.25 bits per heavy atom. The lowest BCUT2D eigenvalue weighted by Gasteiger charge is -2.01. The average molecular weight is 237 g/mol. The van der Waals surface area contributed by atoms with Crippen LogP contribution in [0.4, 0.5) is 0 Å². The van der Waals surface area contributed by atoms with Crippen molar-refractivity contribution < 1.29 is 0 Å². The molecule has 4 heteroatoms. The molecule has 0 spiro atoms. The molecule has 0 saturated carbocycles. The van der Waals surface area contributed by atoms with Crippen molar-refractivity contribution in [2.75, 3.05) is 0 Å². The first-order valence-electron chi connectivity index (χ1n) is 5.84. The Balaban J connectivity index is 2.42. The predicted molar refractivity (Wildman–Crippen MR) is 68.2 cm³/mol. The van der Waals surface area contributed by atoms with Crippen molar-refractivity contribution >= 4 is 16.3 Å². The van der Waals surface area contributed by atoms with Gasteiger partial charge in [0.2, 0.25) is 4.96 Å². The number of fused-ring (bicyclic) bond motifs is 1.